The standard InChI is InChI=1S/C25H23Cl2N3O6S/c1-30(2)24(32)29-25(15-7-5-6-8-16(15)26)21-18(28-23(25)31)11-10-17(27)22(21)37(33,34)20-12-9-14(35-3)13-19(20)36-4/h5-13H,1-4H3,(H,28,31)(H,29,32). The number of methoxy groups -OCH3 is 2. The quantitative estimate of drug-likeness (QED) is 0.462. The Morgan fingerprint density at radius 2 is 1.70 bits per heavy atom. The molecule has 0 aliphatic carbocycles. The summed E-state index contributed by atoms with van der Waals surface area (Å²) in [7, 11) is 1.29. The molecule has 0 saturated carbocycles. The van der Waals surface area contributed by atoms with Crippen LogP contribution in [0.5, 0.6) is 11.5 Å². The van der Waals surface area contributed by atoms with Crippen LogP contribution in [0.25, 0.3) is 0 Å². The zero-order valence-corrected chi connectivity index (χ0v) is 22.6. The van der Waals surface area contributed by atoms with Gasteiger partial charge in [-0.2, -0.15) is 0 Å². The van der Waals surface area contributed by atoms with E-state index in [4.69, 9.17) is 32.7 Å². The minimum absolute atomic E-state index is 0.00553. The molecule has 0 spiro atoms. The van der Waals surface area contributed by atoms with Crippen molar-refractivity contribution in [2.45, 2.75) is 15.3 Å². The molecular weight excluding hydrogens is 541 g/mol. The molecule has 2 N–H and O–H groups in total. The minimum atomic E-state index is -4.45. The molecule has 194 valence electrons. The number of rotatable bonds is 6. The molecule has 3 amide bonds. The Kier molecular flexibility index (Phi) is 7.02. The maximum atomic E-state index is 14.2. The Morgan fingerprint density at radius 3 is 2.32 bits per heavy atom. The van der Waals surface area contributed by atoms with E-state index in [-0.39, 0.29) is 42.4 Å². The first-order valence-corrected chi connectivity index (χ1v) is 13.1. The van der Waals surface area contributed by atoms with Crippen LogP contribution in [0.1, 0.15) is 11.1 Å². The maximum Gasteiger partial charge on any atom is 0.318 e. The molecule has 0 fully saturated rings. The summed E-state index contributed by atoms with van der Waals surface area (Å²) in [6.45, 7) is 0. The highest BCUT2D eigenvalue weighted by atomic mass is 35.5. The van der Waals surface area contributed by atoms with Crippen LogP contribution >= 0.6 is 23.2 Å². The average molecular weight is 564 g/mol. The third kappa shape index (κ3) is 4.24. The van der Waals surface area contributed by atoms with Crippen molar-refractivity contribution in [3.05, 3.63) is 75.8 Å². The van der Waals surface area contributed by atoms with Gasteiger partial charge in [-0.05, 0) is 30.3 Å². The highest BCUT2D eigenvalue weighted by Crippen LogP contribution is 2.50. The molecule has 1 atom stereocenters. The second-order valence-electron chi connectivity index (χ2n) is 8.33. The first-order chi connectivity index (χ1) is 17.5. The van der Waals surface area contributed by atoms with Crippen molar-refractivity contribution < 1.29 is 27.5 Å². The number of hydrogen-bond donors (Lipinski definition) is 2. The van der Waals surface area contributed by atoms with Gasteiger partial charge in [0.15, 0.2) is 5.54 Å². The second-order valence-corrected chi connectivity index (χ2v) is 11.0. The summed E-state index contributed by atoms with van der Waals surface area (Å²) >= 11 is 13.1. The van der Waals surface area contributed by atoms with Crippen LogP contribution in [0.2, 0.25) is 10.0 Å². The number of amides is 3. The number of carbonyl (C=O) groups is 2. The number of nitrogens with zero attached hydrogens (tertiary/aromatic N) is 1. The molecule has 9 nitrogen and oxygen atoms in total. The number of fused-ring (bicyclic) bond motifs is 1. The number of ether oxygens (including phenoxy) is 2. The number of nitrogens with one attached hydrogen (secondary N) is 2. The fraction of sp³-hybridized carbons (Fsp3) is 0.200. The van der Waals surface area contributed by atoms with Gasteiger partial charge in [0.25, 0.3) is 5.91 Å². The lowest BCUT2D eigenvalue weighted by Gasteiger charge is -2.32. The minimum Gasteiger partial charge on any atom is -0.497 e. The highest BCUT2D eigenvalue weighted by molar-refractivity contribution is 7.91. The lowest BCUT2D eigenvalue weighted by atomic mass is 9.83. The van der Waals surface area contributed by atoms with Gasteiger partial charge in [0.05, 0.1) is 24.1 Å². The maximum absolute atomic E-state index is 14.2. The molecule has 1 unspecified atom stereocenters. The van der Waals surface area contributed by atoms with E-state index in [1.165, 1.54) is 75.7 Å². The van der Waals surface area contributed by atoms with Crippen LogP contribution in [0.4, 0.5) is 10.5 Å². The van der Waals surface area contributed by atoms with Crippen molar-refractivity contribution in [3.63, 3.8) is 0 Å². The van der Waals surface area contributed by atoms with Gasteiger partial charge in [0.1, 0.15) is 16.4 Å². The number of urea groups is 1. The number of benzene rings is 3. The Hall–Kier alpha value is -3.47. The number of anilines is 1. The van der Waals surface area contributed by atoms with E-state index in [1.54, 1.807) is 12.1 Å². The van der Waals surface area contributed by atoms with E-state index < -0.39 is 27.3 Å². The summed E-state index contributed by atoms with van der Waals surface area (Å²) in [4.78, 5) is 27.3. The molecule has 1 heterocycles. The van der Waals surface area contributed by atoms with Crippen LogP contribution in [-0.2, 0) is 20.2 Å². The summed E-state index contributed by atoms with van der Waals surface area (Å²) in [6, 6.07) is 12.7. The van der Waals surface area contributed by atoms with Gasteiger partial charge in [-0.25, -0.2) is 13.2 Å². The molecule has 1 aliphatic heterocycles. The lowest BCUT2D eigenvalue weighted by molar-refractivity contribution is -0.120. The molecule has 0 saturated heterocycles. The zero-order valence-electron chi connectivity index (χ0n) is 20.3. The van der Waals surface area contributed by atoms with Crippen molar-refractivity contribution >= 4 is 50.7 Å². The first kappa shape index (κ1) is 26.6. The molecule has 0 aromatic heterocycles. The topological polar surface area (TPSA) is 114 Å². The fourth-order valence-corrected chi connectivity index (χ4v) is 6.68. The number of halogens is 2. The third-order valence-corrected chi connectivity index (χ3v) is 8.62. The Labute approximate surface area is 224 Å². The monoisotopic (exact) mass is 563 g/mol. The van der Waals surface area contributed by atoms with E-state index in [1.807, 2.05) is 0 Å². The van der Waals surface area contributed by atoms with E-state index in [0.29, 0.717) is 5.75 Å². The number of sulfone groups is 1. The van der Waals surface area contributed by atoms with Gasteiger partial charge in [-0.3, -0.25) is 4.79 Å². The summed E-state index contributed by atoms with van der Waals surface area (Å²) in [5.41, 5.74) is -1.77. The van der Waals surface area contributed by atoms with Gasteiger partial charge >= 0.3 is 6.03 Å². The van der Waals surface area contributed by atoms with Gasteiger partial charge in [-0.15, -0.1) is 0 Å². The number of hydrogen-bond acceptors (Lipinski definition) is 6. The molecule has 4 rings (SSSR count). The summed E-state index contributed by atoms with van der Waals surface area (Å²) in [5.74, 6) is -0.321. The van der Waals surface area contributed by atoms with Crippen LogP contribution < -0.4 is 20.1 Å². The van der Waals surface area contributed by atoms with E-state index >= 15 is 0 Å². The van der Waals surface area contributed by atoms with E-state index in [2.05, 4.69) is 10.6 Å². The van der Waals surface area contributed by atoms with Crippen molar-refractivity contribution in [2.24, 2.45) is 0 Å². The molecule has 0 bridgehead atoms. The Balaban J connectivity index is 2.11. The predicted octanol–water partition coefficient (Wildman–Crippen LogP) is 4.31. The van der Waals surface area contributed by atoms with Crippen molar-refractivity contribution in [2.75, 3.05) is 33.6 Å². The van der Waals surface area contributed by atoms with Crippen molar-refractivity contribution in [1.82, 2.24) is 10.2 Å². The van der Waals surface area contributed by atoms with Crippen molar-refractivity contribution in [1.29, 1.82) is 0 Å². The normalized spacial score (nSPS) is 16.5. The van der Waals surface area contributed by atoms with Crippen LogP contribution in [0.15, 0.2) is 64.4 Å². The summed E-state index contributed by atoms with van der Waals surface area (Å²) in [6.07, 6.45) is 0. The van der Waals surface area contributed by atoms with Crippen LogP contribution in [-0.4, -0.2) is 53.6 Å². The largest absolute Gasteiger partial charge is 0.497 e. The van der Waals surface area contributed by atoms with E-state index in [9.17, 15) is 18.0 Å². The predicted molar refractivity (Wildman–Crippen MR) is 140 cm³/mol. The summed E-state index contributed by atoms with van der Waals surface area (Å²) in [5, 5.41) is 5.37. The smallest absolute Gasteiger partial charge is 0.318 e. The number of carbonyl (C=O) groups excluding carboxylic acids is 2. The van der Waals surface area contributed by atoms with Gasteiger partial charge in [0.2, 0.25) is 9.84 Å². The van der Waals surface area contributed by atoms with E-state index in [0.717, 1.165) is 0 Å². The third-order valence-electron chi connectivity index (χ3n) is 5.98. The molecular formula is C25H23Cl2N3O6S. The molecule has 3 aromatic carbocycles. The molecule has 37 heavy (non-hydrogen) atoms. The highest BCUT2D eigenvalue weighted by Gasteiger charge is 2.54. The molecule has 3 aromatic rings. The van der Waals surface area contributed by atoms with Gasteiger partial charge in [0, 0.05) is 42.0 Å². The van der Waals surface area contributed by atoms with Gasteiger partial charge < -0.3 is 25.0 Å². The van der Waals surface area contributed by atoms with Crippen molar-refractivity contribution in [3.8, 4) is 11.5 Å². The van der Waals surface area contributed by atoms with Crippen LogP contribution in [0, 0.1) is 0 Å². The average Bonchev–Trinajstić information content (AvgIpc) is 3.14. The Morgan fingerprint density at radius 1 is 1.00 bits per heavy atom. The second kappa shape index (κ2) is 9.77. The molecule has 12 heteroatoms. The SMILES string of the molecule is COc1ccc(S(=O)(=O)c2c(Cl)ccc3c2C(NC(=O)N(C)C)(c2ccccc2Cl)C(=O)N3)c(OC)c1. The zero-order chi connectivity index (χ0) is 27.1. The fourth-order valence-electron chi connectivity index (χ4n) is 4.21. The Bertz CT molecular complexity index is 1530. The van der Waals surface area contributed by atoms with Gasteiger partial charge in [-0.1, -0.05) is 41.4 Å². The lowest BCUT2D eigenvalue weighted by Crippen LogP contribution is -2.54. The molecule has 0 radical (unpaired) electrons. The first-order valence-electron chi connectivity index (χ1n) is 10.8. The molecule has 1 aliphatic rings. The van der Waals surface area contributed by atoms with Crippen LogP contribution in [0.3, 0.4) is 0 Å². The summed E-state index contributed by atoms with van der Waals surface area (Å²) < 4.78 is 39.0.